The molecule has 1 aromatic carbocycles. The molecule has 2 heterocycles. The highest BCUT2D eigenvalue weighted by atomic mass is 16.5. The smallest absolute Gasteiger partial charge is 0.240 e. The molecule has 1 N–H and O–H groups in total. The Morgan fingerprint density at radius 3 is 2.77 bits per heavy atom. The molecule has 2 aromatic rings. The van der Waals surface area contributed by atoms with E-state index in [0.29, 0.717) is 19.2 Å². The second-order valence-corrected chi connectivity index (χ2v) is 6.99. The largest absolute Gasteiger partial charge is 0.378 e. The molecule has 2 aliphatic rings. The van der Waals surface area contributed by atoms with Crippen LogP contribution in [0.2, 0.25) is 0 Å². The molecule has 1 aromatic heterocycles. The molecular formula is C19H25N5O2. The number of morpholine rings is 1. The lowest BCUT2D eigenvalue weighted by atomic mass is 10.1. The standard InChI is InChI=1S/C19H25N5O2/c25-19(18-12-26-10-9-23(18)16-3-1-2-4-16)21-11-15-5-7-17(8-6-15)24-14-20-13-22-24/h5-8,13-14,16,18H,1-4,9-12H2,(H,21,25). The second kappa shape index (κ2) is 7.97. The van der Waals surface area contributed by atoms with Gasteiger partial charge in [0.15, 0.2) is 0 Å². The van der Waals surface area contributed by atoms with Gasteiger partial charge in [-0.1, -0.05) is 25.0 Å². The van der Waals surface area contributed by atoms with Crippen LogP contribution >= 0.6 is 0 Å². The van der Waals surface area contributed by atoms with Gasteiger partial charge in [-0.05, 0) is 30.5 Å². The third kappa shape index (κ3) is 3.78. The van der Waals surface area contributed by atoms with Gasteiger partial charge in [0.1, 0.15) is 18.7 Å². The lowest BCUT2D eigenvalue weighted by molar-refractivity contribution is -0.134. The number of nitrogens with zero attached hydrogens (tertiary/aromatic N) is 4. The first-order valence-electron chi connectivity index (χ1n) is 9.36. The van der Waals surface area contributed by atoms with Crippen molar-refractivity contribution in [3.05, 3.63) is 42.5 Å². The topological polar surface area (TPSA) is 72.3 Å². The maximum atomic E-state index is 12.7. The summed E-state index contributed by atoms with van der Waals surface area (Å²) >= 11 is 0. The maximum absolute atomic E-state index is 12.7. The molecule has 1 atom stereocenters. The number of nitrogens with one attached hydrogen (secondary N) is 1. The van der Waals surface area contributed by atoms with Gasteiger partial charge in [0.2, 0.25) is 5.91 Å². The first-order valence-corrected chi connectivity index (χ1v) is 9.36. The summed E-state index contributed by atoms with van der Waals surface area (Å²) in [6.45, 7) is 2.60. The number of ether oxygens (including phenoxy) is 1. The quantitative estimate of drug-likeness (QED) is 0.881. The third-order valence-electron chi connectivity index (χ3n) is 5.35. The summed E-state index contributed by atoms with van der Waals surface area (Å²) in [5, 5.41) is 7.19. The Hall–Kier alpha value is -2.25. The van der Waals surface area contributed by atoms with Crippen molar-refractivity contribution in [3.63, 3.8) is 0 Å². The Morgan fingerprint density at radius 2 is 2.04 bits per heavy atom. The van der Waals surface area contributed by atoms with E-state index in [-0.39, 0.29) is 11.9 Å². The number of aromatic nitrogens is 3. The summed E-state index contributed by atoms with van der Waals surface area (Å²) in [5.74, 6) is 0.0666. The van der Waals surface area contributed by atoms with Crippen molar-refractivity contribution in [1.82, 2.24) is 25.0 Å². The molecule has 1 aliphatic carbocycles. The van der Waals surface area contributed by atoms with Gasteiger partial charge in [0.25, 0.3) is 0 Å². The van der Waals surface area contributed by atoms with Crippen LogP contribution in [-0.2, 0) is 16.1 Å². The van der Waals surface area contributed by atoms with Gasteiger partial charge in [-0.25, -0.2) is 9.67 Å². The average Bonchev–Trinajstić information content (AvgIpc) is 3.40. The number of hydrogen-bond donors (Lipinski definition) is 1. The number of carbonyl (C=O) groups is 1. The number of benzene rings is 1. The van der Waals surface area contributed by atoms with Crippen LogP contribution in [0.5, 0.6) is 0 Å². The monoisotopic (exact) mass is 355 g/mol. The number of hydrogen-bond acceptors (Lipinski definition) is 5. The molecule has 1 unspecified atom stereocenters. The lowest BCUT2D eigenvalue weighted by Gasteiger charge is -2.38. The van der Waals surface area contributed by atoms with Gasteiger partial charge in [-0.3, -0.25) is 9.69 Å². The predicted octanol–water partition coefficient (Wildman–Crippen LogP) is 1.53. The molecule has 7 heteroatoms. The first-order chi connectivity index (χ1) is 12.8. The Labute approximate surface area is 153 Å². The maximum Gasteiger partial charge on any atom is 0.240 e. The highest BCUT2D eigenvalue weighted by Gasteiger charge is 2.35. The van der Waals surface area contributed by atoms with E-state index in [4.69, 9.17) is 4.74 Å². The molecule has 138 valence electrons. The second-order valence-electron chi connectivity index (χ2n) is 6.99. The minimum Gasteiger partial charge on any atom is -0.378 e. The zero-order valence-corrected chi connectivity index (χ0v) is 14.9. The minimum atomic E-state index is -0.165. The van der Waals surface area contributed by atoms with Crippen LogP contribution in [-0.4, -0.2) is 57.4 Å². The molecule has 0 bridgehead atoms. The zero-order valence-electron chi connectivity index (χ0n) is 14.9. The van der Waals surface area contributed by atoms with E-state index in [1.165, 1.54) is 32.0 Å². The predicted molar refractivity (Wildman–Crippen MR) is 96.8 cm³/mol. The van der Waals surface area contributed by atoms with E-state index < -0.39 is 0 Å². The summed E-state index contributed by atoms with van der Waals surface area (Å²) in [5.41, 5.74) is 2.01. The van der Waals surface area contributed by atoms with E-state index in [1.807, 2.05) is 24.3 Å². The molecule has 1 aliphatic heterocycles. The van der Waals surface area contributed by atoms with Gasteiger partial charge in [-0.15, -0.1) is 0 Å². The Bertz CT molecular complexity index is 710. The fraction of sp³-hybridized carbons (Fsp3) is 0.526. The molecule has 1 saturated heterocycles. The lowest BCUT2D eigenvalue weighted by Crippen LogP contribution is -2.56. The van der Waals surface area contributed by atoms with Crippen molar-refractivity contribution in [2.24, 2.45) is 0 Å². The number of rotatable bonds is 5. The van der Waals surface area contributed by atoms with E-state index >= 15 is 0 Å². The van der Waals surface area contributed by atoms with E-state index in [2.05, 4.69) is 20.3 Å². The normalized spacial score (nSPS) is 21.8. The fourth-order valence-corrected chi connectivity index (χ4v) is 3.93. The van der Waals surface area contributed by atoms with Gasteiger partial charge >= 0.3 is 0 Å². The number of carbonyl (C=O) groups excluding carboxylic acids is 1. The van der Waals surface area contributed by atoms with Crippen LogP contribution in [0.4, 0.5) is 0 Å². The highest BCUT2D eigenvalue weighted by Crippen LogP contribution is 2.26. The van der Waals surface area contributed by atoms with Crippen LogP contribution in [0.1, 0.15) is 31.2 Å². The van der Waals surface area contributed by atoms with Crippen molar-refractivity contribution >= 4 is 5.91 Å². The van der Waals surface area contributed by atoms with Gasteiger partial charge in [0, 0.05) is 19.1 Å². The molecule has 4 rings (SSSR count). The van der Waals surface area contributed by atoms with Gasteiger partial charge in [0.05, 0.1) is 18.9 Å². The molecule has 1 amide bonds. The van der Waals surface area contributed by atoms with E-state index in [1.54, 1.807) is 11.0 Å². The summed E-state index contributed by atoms with van der Waals surface area (Å²) in [4.78, 5) is 19.0. The van der Waals surface area contributed by atoms with Crippen molar-refractivity contribution in [2.45, 2.75) is 44.3 Å². The van der Waals surface area contributed by atoms with Crippen LogP contribution in [0.3, 0.4) is 0 Å². The Morgan fingerprint density at radius 1 is 1.23 bits per heavy atom. The zero-order chi connectivity index (χ0) is 17.8. The van der Waals surface area contributed by atoms with Crippen LogP contribution in [0, 0.1) is 0 Å². The molecular weight excluding hydrogens is 330 g/mol. The molecule has 0 spiro atoms. The Kier molecular flexibility index (Phi) is 5.26. The molecule has 0 radical (unpaired) electrons. The van der Waals surface area contributed by atoms with E-state index in [9.17, 15) is 4.79 Å². The van der Waals surface area contributed by atoms with Crippen LogP contribution in [0.25, 0.3) is 5.69 Å². The highest BCUT2D eigenvalue weighted by molar-refractivity contribution is 5.82. The SMILES string of the molecule is O=C(NCc1ccc(-n2cncn2)cc1)C1COCCN1C1CCCC1. The third-order valence-corrected chi connectivity index (χ3v) is 5.35. The summed E-state index contributed by atoms with van der Waals surface area (Å²) in [6, 6.07) is 8.33. The molecule has 7 nitrogen and oxygen atoms in total. The van der Waals surface area contributed by atoms with Gasteiger partial charge in [-0.2, -0.15) is 5.10 Å². The van der Waals surface area contributed by atoms with Crippen LogP contribution < -0.4 is 5.32 Å². The molecule has 2 fully saturated rings. The van der Waals surface area contributed by atoms with E-state index in [0.717, 1.165) is 24.4 Å². The summed E-state index contributed by atoms with van der Waals surface area (Å²) in [6.07, 6.45) is 8.12. The van der Waals surface area contributed by atoms with Gasteiger partial charge < -0.3 is 10.1 Å². The Balaban J connectivity index is 1.35. The van der Waals surface area contributed by atoms with Crippen molar-refractivity contribution in [1.29, 1.82) is 0 Å². The number of amides is 1. The van der Waals surface area contributed by atoms with Crippen molar-refractivity contribution in [2.75, 3.05) is 19.8 Å². The molecule has 26 heavy (non-hydrogen) atoms. The van der Waals surface area contributed by atoms with Crippen molar-refractivity contribution in [3.8, 4) is 5.69 Å². The summed E-state index contributed by atoms with van der Waals surface area (Å²) in [7, 11) is 0. The first kappa shape index (κ1) is 17.2. The molecule has 1 saturated carbocycles. The van der Waals surface area contributed by atoms with Crippen LogP contribution in [0.15, 0.2) is 36.9 Å². The minimum absolute atomic E-state index is 0.0666. The summed E-state index contributed by atoms with van der Waals surface area (Å²) < 4.78 is 7.29. The van der Waals surface area contributed by atoms with Crippen molar-refractivity contribution < 1.29 is 9.53 Å². The fourth-order valence-electron chi connectivity index (χ4n) is 3.93. The average molecular weight is 355 g/mol.